The summed E-state index contributed by atoms with van der Waals surface area (Å²) in [7, 11) is 0. The van der Waals surface area contributed by atoms with Crippen molar-refractivity contribution in [3.05, 3.63) is 0 Å². The number of hydrogen-bond acceptors (Lipinski definition) is 3. The van der Waals surface area contributed by atoms with Gasteiger partial charge in [0, 0.05) is 0 Å². The molecule has 0 saturated heterocycles. The van der Waals surface area contributed by atoms with E-state index in [0.717, 1.165) is 0 Å². The van der Waals surface area contributed by atoms with Crippen LogP contribution in [0.4, 0.5) is 9.59 Å². The van der Waals surface area contributed by atoms with Crippen LogP contribution in [-0.2, 0) is 4.74 Å². The van der Waals surface area contributed by atoms with Gasteiger partial charge in [-0.05, 0) is 0 Å². The van der Waals surface area contributed by atoms with E-state index < -0.39 is 12.3 Å². The molecule has 0 radical (unpaired) electrons. The summed E-state index contributed by atoms with van der Waals surface area (Å²) in [4.78, 5) is 18.4. The van der Waals surface area contributed by atoms with Crippen LogP contribution in [0.3, 0.4) is 0 Å². The van der Waals surface area contributed by atoms with Gasteiger partial charge in [-0.15, -0.1) is 0 Å². The van der Waals surface area contributed by atoms with Gasteiger partial charge < -0.3 is 14.9 Å². The van der Waals surface area contributed by atoms with Crippen molar-refractivity contribution >= 4 is 12.3 Å². The Morgan fingerprint density at radius 2 is 0.929 bits per heavy atom. The van der Waals surface area contributed by atoms with Crippen molar-refractivity contribution in [3.8, 4) is 0 Å². The fourth-order valence-corrected chi connectivity index (χ4v) is 1.31. The van der Waals surface area contributed by atoms with Crippen LogP contribution < -0.4 is 0 Å². The first-order chi connectivity index (χ1) is 6.63. The van der Waals surface area contributed by atoms with E-state index in [0.29, 0.717) is 0 Å². The third-order valence-corrected chi connectivity index (χ3v) is 1.92. The molecule has 5 heteroatoms. The Morgan fingerprint density at radius 3 is 1.00 bits per heavy atom. The predicted octanol–water partition coefficient (Wildman–Crippen LogP) is 3.09. The lowest BCUT2D eigenvalue weighted by Crippen LogP contribution is -2.05. The summed E-state index contributed by atoms with van der Waals surface area (Å²) in [5.41, 5.74) is 0. The zero-order chi connectivity index (χ0) is 10.8. The summed E-state index contributed by atoms with van der Waals surface area (Å²) in [5, 5.41) is 15.0. The summed E-state index contributed by atoms with van der Waals surface area (Å²) in [5.74, 6) is 0. The van der Waals surface area contributed by atoms with Crippen molar-refractivity contribution in [2.45, 2.75) is 44.9 Å². The minimum atomic E-state index is -1.81. The number of hydrogen-bond donors (Lipinski definition) is 2. The van der Waals surface area contributed by atoms with Crippen LogP contribution in [0.2, 0.25) is 0 Å². The molecule has 2 N–H and O–H groups in total. The molecule has 82 valence electrons. The van der Waals surface area contributed by atoms with Crippen molar-refractivity contribution in [3.63, 3.8) is 0 Å². The summed E-state index contributed by atoms with van der Waals surface area (Å²) < 4.78 is 3.08. The molecule has 0 spiro atoms. The summed E-state index contributed by atoms with van der Waals surface area (Å²) in [6, 6.07) is 0. The summed E-state index contributed by atoms with van der Waals surface area (Å²) in [6.45, 7) is 0. The van der Waals surface area contributed by atoms with Crippen molar-refractivity contribution < 1.29 is 24.5 Å². The van der Waals surface area contributed by atoms with Gasteiger partial charge in [-0.2, -0.15) is 0 Å². The quantitative estimate of drug-likeness (QED) is 0.360. The van der Waals surface area contributed by atoms with Gasteiger partial charge in [0.2, 0.25) is 0 Å². The third-order valence-electron chi connectivity index (χ3n) is 1.92. The summed E-state index contributed by atoms with van der Waals surface area (Å²) >= 11 is 0. The Morgan fingerprint density at radius 1 is 0.714 bits per heavy atom. The molecular formula is C9H16O5. The van der Waals surface area contributed by atoms with Crippen molar-refractivity contribution in [1.29, 1.82) is 0 Å². The van der Waals surface area contributed by atoms with E-state index >= 15 is 0 Å². The predicted molar refractivity (Wildman–Crippen MR) is 49.5 cm³/mol. The Balaban J connectivity index is 0.000000241. The molecular weight excluding hydrogens is 188 g/mol. The molecule has 0 unspecified atom stereocenters. The Kier molecular flexibility index (Phi) is 7.59. The molecule has 0 bridgehead atoms. The SMILES string of the molecule is C1CCCCCC1.O=C(O)OC(=O)O. The molecule has 0 amide bonds. The van der Waals surface area contributed by atoms with Gasteiger partial charge in [0.05, 0.1) is 0 Å². The second-order valence-corrected chi connectivity index (χ2v) is 3.11. The monoisotopic (exact) mass is 204 g/mol. The fraction of sp³-hybridized carbons (Fsp3) is 0.778. The van der Waals surface area contributed by atoms with Gasteiger partial charge >= 0.3 is 12.3 Å². The maximum Gasteiger partial charge on any atom is 0.516 e. The van der Waals surface area contributed by atoms with Gasteiger partial charge in [-0.25, -0.2) is 9.59 Å². The number of carbonyl (C=O) groups is 2. The Hall–Kier alpha value is -1.26. The van der Waals surface area contributed by atoms with E-state index in [2.05, 4.69) is 4.74 Å². The van der Waals surface area contributed by atoms with Crippen LogP contribution in [-0.4, -0.2) is 22.5 Å². The molecule has 5 nitrogen and oxygen atoms in total. The van der Waals surface area contributed by atoms with E-state index in [1.165, 1.54) is 44.9 Å². The fourth-order valence-electron chi connectivity index (χ4n) is 1.31. The zero-order valence-electron chi connectivity index (χ0n) is 8.07. The highest BCUT2D eigenvalue weighted by atomic mass is 16.7. The molecule has 14 heavy (non-hydrogen) atoms. The second kappa shape index (κ2) is 8.34. The van der Waals surface area contributed by atoms with Gasteiger partial charge in [-0.3, -0.25) is 0 Å². The van der Waals surface area contributed by atoms with Crippen LogP contribution in [0.15, 0.2) is 0 Å². The molecule has 0 aromatic heterocycles. The highest BCUT2D eigenvalue weighted by molar-refractivity contribution is 5.74. The molecule has 1 aliphatic carbocycles. The summed E-state index contributed by atoms with van der Waals surface area (Å²) in [6.07, 6.45) is 6.88. The zero-order valence-corrected chi connectivity index (χ0v) is 8.07. The lowest BCUT2D eigenvalue weighted by molar-refractivity contribution is 0.0802. The topological polar surface area (TPSA) is 83.8 Å². The molecule has 1 rings (SSSR count). The number of rotatable bonds is 0. The smallest absolute Gasteiger partial charge is 0.449 e. The molecule has 0 aromatic rings. The van der Waals surface area contributed by atoms with Crippen molar-refractivity contribution in [2.75, 3.05) is 0 Å². The van der Waals surface area contributed by atoms with Crippen LogP contribution in [0, 0.1) is 0 Å². The third kappa shape index (κ3) is 10.7. The highest BCUT2D eigenvalue weighted by Crippen LogP contribution is 2.15. The first-order valence-corrected chi connectivity index (χ1v) is 4.76. The van der Waals surface area contributed by atoms with E-state index in [4.69, 9.17) is 10.2 Å². The first-order valence-electron chi connectivity index (χ1n) is 4.76. The van der Waals surface area contributed by atoms with Crippen LogP contribution in [0.1, 0.15) is 44.9 Å². The van der Waals surface area contributed by atoms with Crippen LogP contribution >= 0.6 is 0 Å². The Labute approximate surface area is 82.7 Å². The minimum absolute atomic E-state index is 1.50. The lowest BCUT2D eigenvalue weighted by Gasteiger charge is -1.85. The number of ether oxygens (including phenoxy) is 1. The second-order valence-electron chi connectivity index (χ2n) is 3.11. The molecule has 0 aliphatic heterocycles. The highest BCUT2D eigenvalue weighted by Gasteiger charge is 2.01. The molecule has 1 fully saturated rings. The largest absolute Gasteiger partial charge is 0.516 e. The molecule has 1 aliphatic rings. The van der Waals surface area contributed by atoms with E-state index in [9.17, 15) is 9.59 Å². The normalized spacial score (nSPS) is 15.7. The lowest BCUT2D eigenvalue weighted by atomic mass is 10.2. The average molecular weight is 204 g/mol. The standard InChI is InChI=1S/C7H14.C2H2O5/c1-2-4-6-7-5-3-1;3-1(4)7-2(5)6/h1-7H2;(H,3,4)(H,5,6). The maximum absolute atomic E-state index is 9.21. The van der Waals surface area contributed by atoms with Crippen molar-refractivity contribution in [2.24, 2.45) is 0 Å². The van der Waals surface area contributed by atoms with E-state index in [1.807, 2.05) is 0 Å². The average Bonchev–Trinajstić information content (AvgIpc) is 2.32. The molecule has 0 aromatic carbocycles. The first kappa shape index (κ1) is 12.7. The van der Waals surface area contributed by atoms with E-state index in [1.54, 1.807) is 0 Å². The van der Waals surface area contributed by atoms with Crippen LogP contribution in [0.5, 0.6) is 0 Å². The van der Waals surface area contributed by atoms with Gasteiger partial charge in [0.15, 0.2) is 0 Å². The molecule has 1 saturated carbocycles. The molecule has 0 atom stereocenters. The maximum atomic E-state index is 9.21. The van der Waals surface area contributed by atoms with Crippen molar-refractivity contribution in [1.82, 2.24) is 0 Å². The van der Waals surface area contributed by atoms with Crippen LogP contribution in [0.25, 0.3) is 0 Å². The van der Waals surface area contributed by atoms with E-state index in [-0.39, 0.29) is 0 Å². The van der Waals surface area contributed by atoms with Gasteiger partial charge in [0.1, 0.15) is 0 Å². The van der Waals surface area contributed by atoms with Gasteiger partial charge in [-0.1, -0.05) is 44.9 Å². The minimum Gasteiger partial charge on any atom is -0.449 e. The number of carboxylic acid groups (broad SMARTS) is 2. The molecule has 0 heterocycles. The Bertz CT molecular complexity index is 146. The van der Waals surface area contributed by atoms with Gasteiger partial charge in [0.25, 0.3) is 0 Å².